The summed E-state index contributed by atoms with van der Waals surface area (Å²) in [5, 5.41) is 2.91. The summed E-state index contributed by atoms with van der Waals surface area (Å²) in [4.78, 5) is 11.4. The van der Waals surface area contributed by atoms with Gasteiger partial charge < -0.3 is 10.1 Å². The van der Waals surface area contributed by atoms with Crippen molar-refractivity contribution in [2.75, 3.05) is 6.61 Å². The van der Waals surface area contributed by atoms with Crippen LogP contribution in [0.4, 0.5) is 0 Å². The summed E-state index contributed by atoms with van der Waals surface area (Å²) in [5.74, 6) is 0.0573. The fourth-order valence-electron chi connectivity index (χ4n) is 1.22. The lowest BCUT2D eigenvalue weighted by Gasteiger charge is -2.14. The van der Waals surface area contributed by atoms with Crippen molar-refractivity contribution in [2.45, 2.75) is 45.3 Å². The van der Waals surface area contributed by atoms with E-state index in [1.54, 1.807) is 0 Å². The molecule has 0 aliphatic carbocycles. The van der Waals surface area contributed by atoms with Gasteiger partial charge in [-0.3, -0.25) is 4.79 Å². The molecule has 70 valence electrons. The number of carbonyl (C=O) groups excluding carboxylic acids is 1. The number of hydrogen-bond acceptors (Lipinski definition) is 2. The molecule has 0 aromatic heterocycles. The first-order chi connectivity index (χ1) is 5.74. The largest absolute Gasteiger partial charge is 0.368 e. The van der Waals surface area contributed by atoms with Gasteiger partial charge in [-0.05, 0) is 26.2 Å². The van der Waals surface area contributed by atoms with Crippen LogP contribution in [0.5, 0.6) is 0 Å². The Kier molecular flexibility index (Phi) is 3.53. The summed E-state index contributed by atoms with van der Waals surface area (Å²) in [5.41, 5.74) is 0. The zero-order valence-electron chi connectivity index (χ0n) is 7.80. The van der Waals surface area contributed by atoms with Crippen molar-refractivity contribution in [1.82, 2.24) is 5.32 Å². The first kappa shape index (κ1) is 9.52. The Morgan fingerprint density at radius 1 is 1.75 bits per heavy atom. The van der Waals surface area contributed by atoms with Crippen LogP contribution in [0.25, 0.3) is 0 Å². The number of hydrogen-bond donors (Lipinski definition) is 1. The molecule has 0 aromatic rings. The predicted octanol–water partition coefficient (Wildman–Crippen LogP) is 1.08. The lowest BCUT2D eigenvalue weighted by atomic mass is 10.2. The molecule has 2 unspecified atom stereocenters. The quantitative estimate of drug-likeness (QED) is 0.690. The van der Waals surface area contributed by atoms with E-state index in [9.17, 15) is 4.79 Å². The van der Waals surface area contributed by atoms with Gasteiger partial charge in [0.2, 0.25) is 5.91 Å². The van der Waals surface area contributed by atoms with Crippen LogP contribution in [0.15, 0.2) is 0 Å². The molecular formula is C9H17NO2. The van der Waals surface area contributed by atoms with Crippen molar-refractivity contribution in [3.63, 3.8) is 0 Å². The summed E-state index contributed by atoms with van der Waals surface area (Å²) >= 11 is 0. The van der Waals surface area contributed by atoms with Crippen molar-refractivity contribution in [3.05, 3.63) is 0 Å². The summed E-state index contributed by atoms with van der Waals surface area (Å²) in [6.07, 6.45) is 2.68. The van der Waals surface area contributed by atoms with Crippen LogP contribution in [0, 0.1) is 0 Å². The minimum atomic E-state index is -0.181. The Hall–Kier alpha value is -0.570. The molecule has 0 bridgehead atoms. The number of amides is 1. The second kappa shape index (κ2) is 4.45. The zero-order valence-corrected chi connectivity index (χ0v) is 7.80. The Balaban J connectivity index is 2.27. The van der Waals surface area contributed by atoms with E-state index >= 15 is 0 Å². The number of carbonyl (C=O) groups is 1. The fraction of sp³-hybridized carbons (Fsp3) is 0.889. The predicted molar refractivity (Wildman–Crippen MR) is 46.9 cm³/mol. The smallest absolute Gasteiger partial charge is 0.249 e. The fourth-order valence-corrected chi connectivity index (χ4v) is 1.22. The molecule has 12 heavy (non-hydrogen) atoms. The lowest BCUT2D eigenvalue weighted by Crippen LogP contribution is -2.39. The van der Waals surface area contributed by atoms with Crippen LogP contribution in [-0.4, -0.2) is 24.7 Å². The van der Waals surface area contributed by atoms with Crippen LogP contribution in [0.1, 0.15) is 33.1 Å². The molecule has 1 saturated heterocycles. The molecule has 0 radical (unpaired) electrons. The highest BCUT2D eigenvalue weighted by atomic mass is 16.5. The van der Waals surface area contributed by atoms with Gasteiger partial charge in [-0.1, -0.05) is 6.92 Å². The highest BCUT2D eigenvalue weighted by Gasteiger charge is 2.23. The minimum absolute atomic E-state index is 0.0573. The summed E-state index contributed by atoms with van der Waals surface area (Å²) in [6.45, 7) is 4.80. The Morgan fingerprint density at radius 3 is 3.00 bits per heavy atom. The van der Waals surface area contributed by atoms with E-state index in [1.165, 1.54) is 0 Å². The maximum atomic E-state index is 11.4. The van der Waals surface area contributed by atoms with Gasteiger partial charge in [0.25, 0.3) is 0 Å². The molecule has 0 saturated carbocycles. The third kappa shape index (κ3) is 2.48. The van der Waals surface area contributed by atoms with Crippen LogP contribution >= 0.6 is 0 Å². The standard InChI is InChI=1S/C9H17NO2/c1-3-7(2)10-9(11)8-5-4-6-12-8/h7-8H,3-6H2,1-2H3,(H,10,11). The van der Waals surface area contributed by atoms with Gasteiger partial charge in [0.05, 0.1) is 0 Å². The van der Waals surface area contributed by atoms with Gasteiger partial charge in [0, 0.05) is 12.6 Å². The van der Waals surface area contributed by atoms with E-state index in [-0.39, 0.29) is 18.1 Å². The second-order valence-electron chi connectivity index (χ2n) is 3.32. The summed E-state index contributed by atoms with van der Waals surface area (Å²) in [7, 11) is 0. The average Bonchev–Trinajstić information content (AvgIpc) is 2.56. The lowest BCUT2D eigenvalue weighted by molar-refractivity contribution is -0.130. The van der Waals surface area contributed by atoms with Gasteiger partial charge in [-0.15, -0.1) is 0 Å². The van der Waals surface area contributed by atoms with E-state index in [1.807, 2.05) is 6.92 Å². The van der Waals surface area contributed by atoms with Crippen LogP contribution in [0.3, 0.4) is 0 Å². The molecule has 1 fully saturated rings. The molecule has 3 nitrogen and oxygen atoms in total. The zero-order chi connectivity index (χ0) is 8.97. The van der Waals surface area contributed by atoms with Crippen molar-refractivity contribution < 1.29 is 9.53 Å². The number of ether oxygens (including phenoxy) is 1. The molecule has 1 N–H and O–H groups in total. The molecule has 1 heterocycles. The highest BCUT2D eigenvalue weighted by Crippen LogP contribution is 2.11. The molecule has 0 aromatic carbocycles. The van der Waals surface area contributed by atoms with Crippen LogP contribution in [-0.2, 0) is 9.53 Å². The van der Waals surface area contributed by atoms with Crippen molar-refractivity contribution in [2.24, 2.45) is 0 Å². The SMILES string of the molecule is CCC(C)NC(=O)C1CCCO1. The third-order valence-electron chi connectivity index (χ3n) is 2.22. The molecule has 1 rings (SSSR count). The van der Waals surface area contributed by atoms with E-state index in [4.69, 9.17) is 4.74 Å². The molecule has 1 aliphatic rings. The monoisotopic (exact) mass is 171 g/mol. The van der Waals surface area contributed by atoms with Gasteiger partial charge in [-0.25, -0.2) is 0 Å². The summed E-state index contributed by atoms with van der Waals surface area (Å²) in [6, 6.07) is 0.265. The highest BCUT2D eigenvalue weighted by molar-refractivity contribution is 5.81. The van der Waals surface area contributed by atoms with Crippen LogP contribution < -0.4 is 5.32 Å². The maximum Gasteiger partial charge on any atom is 0.249 e. The Labute approximate surface area is 73.5 Å². The summed E-state index contributed by atoms with van der Waals surface area (Å²) < 4.78 is 5.25. The van der Waals surface area contributed by atoms with E-state index < -0.39 is 0 Å². The molecule has 3 heteroatoms. The first-order valence-electron chi connectivity index (χ1n) is 4.66. The average molecular weight is 171 g/mol. The third-order valence-corrected chi connectivity index (χ3v) is 2.22. The topological polar surface area (TPSA) is 38.3 Å². The number of nitrogens with one attached hydrogen (secondary N) is 1. The van der Waals surface area contributed by atoms with Crippen molar-refractivity contribution in [1.29, 1.82) is 0 Å². The normalized spacial score (nSPS) is 25.3. The van der Waals surface area contributed by atoms with E-state index in [0.717, 1.165) is 25.9 Å². The van der Waals surface area contributed by atoms with Gasteiger partial charge in [0.1, 0.15) is 6.10 Å². The van der Waals surface area contributed by atoms with Gasteiger partial charge in [0.15, 0.2) is 0 Å². The molecule has 1 aliphatic heterocycles. The van der Waals surface area contributed by atoms with Gasteiger partial charge in [-0.2, -0.15) is 0 Å². The van der Waals surface area contributed by atoms with Crippen LogP contribution in [0.2, 0.25) is 0 Å². The molecule has 2 atom stereocenters. The minimum Gasteiger partial charge on any atom is -0.368 e. The Bertz CT molecular complexity index is 153. The molecular weight excluding hydrogens is 154 g/mol. The number of rotatable bonds is 3. The first-order valence-corrected chi connectivity index (χ1v) is 4.66. The van der Waals surface area contributed by atoms with Crippen molar-refractivity contribution in [3.8, 4) is 0 Å². The van der Waals surface area contributed by atoms with Gasteiger partial charge >= 0.3 is 0 Å². The molecule has 0 spiro atoms. The Morgan fingerprint density at radius 2 is 2.50 bits per heavy atom. The van der Waals surface area contributed by atoms with Crippen molar-refractivity contribution >= 4 is 5.91 Å². The van der Waals surface area contributed by atoms with E-state index in [0.29, 0.717) is 0 Å². The maximum absolute atomic E-state index is 11.4. The van der Waals surface area contributed by atoms with E-state index in [2.05, 4.69) is 12.2 Å². The molecule has 1 amide bonds. The second-order valence-corrected chi connectivity index (χ2v) is 3.32.